The third-order valence-electron chi connectivity index (χ3n) is 2.70. The summed E-state index contributed by atoms with van der Waals surface area (Å²) in [6.07, 6.45) is 0. The van der Waals surface area contributed by atoms with Crippen LogP contribution in [0, 0.1) is 13.8 Å². The number of hydrogen-bond acceptors (Lipinski definition) is 4. The van der Waals surface area contributed by atoms with Crippen molar-refractivity contribution in [1.29, 1.82) is 0 Å². The monoisotopic (exact) mass is 248 g/mol. The number of nitrogens with zero attached hydrogens (tertiary/aromatic N) is 3. The molecule has 17 heavy (non-hydrogen) atoms. The molecule has 1 aromatic carbocycles. The van der Waals surface area contributed by atoms with E-state index in [1.807, 2.05) is 31.5 Å². The lowest BCUT2D eigenvalue weighted by atomic mass is 10.2. The summed E-state index contributed by atoms with van der Waals surface area (Å²) in [6.45, 7) is 3.98. The summed E-state index contributed by atoms with van der Waals surface area (Å²) in [4.78, 5) is 1.09. The summed E-state index contributed by atoms with van der Waals surface area (Å²) in [5.41, 5.74) is 7.97. The molecule has 0 aliphatic carbocycles. The van der Waals surface area contributed by atoms with Gasteiger partial charge in [-0.3, -0.25) is 0 Å². The molecule has 0 aliphatic rings. The first-order valence-electron chi connectivity index (χ1n) is 5.41. The van der Waals surface area contributed by atoms with Gasteiger partial charge in [0.1, 0.15) is 11.6 Å². The van der Waals surface area contributed by atoms with Crippen molar-refractivity contribution >= 4 is 17.4 Å². The molecule has 1 heterocycles. The number of hydrogen-bond donors (Lipinski definition) is 1. The van der Waals surface area contributed by atoms with Crippen LogP contribution in [0.3, 0.4) is 0 Å². The Morgan fingerprint density at radius 1 is 1.29 bits per heavy atom. The summed E-state index contributed by atoms with van der Waals surface area (Å²) in [7, 11) is 1.98. The lowest BCUT2D eigenvalue weighted by Gasteiger charge is -2.06. The molecule has 1 aromatic heterocycles. The lowest BCUT2D eigenvalue weighted by Crippen LogP contribution is -1.98. The Labute approximate surface area is 105 Å². The van der Waals surface area contributed by atoms with Gasteiger partial charge in [0, 0.05) is 17.6 Å². The van der Waals surface area contributed by atoms with Crippen molar-refractivity contribution in [1.82, 2.24) is 14.8 Å². The van der Waals surface area contributed by atoms with E-state index in [9.17, 15) is 0 Å². The van der Waals surface area contributed by atoms with Gasteiger partial charge in [-0.2, -0.15) is 0 Å². The molecule has 90 valence electrons. The van der Waals surface area contributed by atoms with Crippen LogP contribution in [0.1, 0.15) is 17.2 Å². The predicted molar refractivity (Wildman–Crippen MR) is 70.9 cm³/mol. The van der Waals surface area contributed by atoms with Gasteiger partial charge in [0.25, 0.3) is 0 Å². The fourth-order valence-electron chi connectivity index (χ4n) is 1.52. The van der Waals surface area contributed by atoms with Crippen LogP contribution in [0.15, 0.2) is 23.1 Å². The maximum absolute atomic E-state index is 5.97. The topological polar surface area (TPSA) is 56.7 Å². The Balaban J connectivity index is 2.10. The Bertz CT molecular complexity index is 533. The van der Waals surface area contributed by atoms with Gasteiger partial charge in [-0.1, -0.05) is 6.07 Å². The second-order valence-corrected chi connectivity index (χ2v) is 5.07. The lowest BCUT2D eigenvalue weighted by molar-refractivity contribution is 0.817. The van der Waals surface area contributed by atoms with E-state index in [0.717, 1.165) is 28.0 Å². The Morgan fingerprint density at radius 3 is 2.65 bits per heavy atom. The molecular formula is C12H16N4S. The van der Waals surface area contributed by atoms with Gasteiger partial charge in [0.05, 0.1) is 5.75 Å². The van der Waals surface area contributed by atoms with Crippen molar-refractivity contribution < 1.29 is 0 Å². The number of rotatable bonds is 3. The van der Waals surface area contributed by atoms with Crippen LogP contribution in [-0.2, 0) is 12.8 Å². The molecule has 0 atom stereocenters. The Morgan fingerprint density at radius 2 is 2.06 bits per heavy atom. The molecule has 0 bridgehead atoms. The number of nitrogen functional groups attached to an aromatic ring is 1. The molecule has 0 spiro atoms. The van der Waals surface area contributed by atoms with Crippen LogP contribution in [0.5, 0.6) is 0 Å². The van der Waals surface area contributed by atoms with Gasteiger partial charge in [-0.05, 0) is 31.5 Å². The molecule has 2 aromatic rings. The number of benzene rings is 1. The van der Waals surface area contributed by atoms with Crippen molar-refractivity contribution in [2.24, 2.45) is 7.05 Å². The molecule has 2 rings (SSSR count). The first-order chi connectivity index (χ1) is 8.08. The predicted octanol–water partition coefficient (Wildman–Crippen LogP) is 2.31. The zero-order valence-corrected chi connectivity index (χ0v) is 11.1. The molecule has 0 saturated carbocycles. The van der Waals surface area contributed by atoms with Crippen LogP contribution < -0.4 is 5.73 Å². The quantitative estimate of drug-likeness (QED) is 0.669. The van der Waals surface area contributed by atoms with Gasteiger partial charge < -0.3 is 10.3 Å². The number of thioether (sulfide) groups is 1. The van der Waals surface area contributed by atoms with Crippen LogP contribution >= 0.6 is 11.8 Å². The average molecular weight is 248 g/mol. The molecule has 0 aliphatic heterocycles. The van der Waals surface area contributed by atoms with E-state index in [1.165, 1.54) is 5.56 Å². The Hall–Kier alpha value is -1.49. The molecule has 0 unspecified atom stereocenters. The van der Waals surface area contributed by atoms with Gasteiger partial charge in [0.2, 0.25) is 0 Å². The molecule has 0 saturated heterocycles. The molecule has 4 nitrogen and oxygen atoms in total. The molecule has 0 amide bonds. The molecule has 0 radical (unpaired) electrons. The van der Waals surface area contributed by atoms with Gasteiger partial charge in [-0.25, -0.2) is 0 Å². The summed E-state index contributed by atoms with van der Waals surface area (Å²) < 4.78 is 2.00. The van der Waals surface area contributed by atoms with Crippen molar-refractivity contribution in [3.8, 4) is 0 Å². The van der Waals surface area contributed by atoms with E-state index in [1.54, 1.807) is 11.8 Å². The third-order valence-corrected chi connectivity index (χ3v) is 3.79. The van der Waals surface area contributed by atoms with Gasteiger partial charge in [0.15, 0.2) is 0 Å². The SMILES string of the molecule is Cc1ccc(SCc2nnc(C)n2C)c(N)c1. The maximum Gasteiger partial charge on any atom is 0.143 e. The van der Waals surface area contributed by atoms with E-state index in [0.29, 0.717) is 0 Å². The van der Waals surface area contributed by atoms with E-state index in [-0.39, 0.29) is 0 Å². The minimum Gasteiger partial charge on any atom is -0.398 e. The minimum absolute atomic E-state index is 0.782. The normalized spacial score (nSPS) is 10.8. The second kappa shape index (κ2) is 4.79. The molecular weight excluding hydrogens is 232 g/mol. The third kappa shape index (κ3) is 2.61. The summed E-state index contributed by atoms with van der Waals surface area (Å²) >= 11 is 1.69. The van der Waals surface area contributed by atoms with Gasteiger partial charge >= 0.3 is 0 Å². The second-order valence-electron chi connectivity index (χ2n) is 4.05. The maximum atomic E-state index is 5.97. The first-order valence-corrected chi connectivity index (χ1v) is 6.40. The standard InChI is InChI=1S/C12H16N4S/c1-8-4-5-11(10(13)6-8)17-7-12-15-14-9(2)16(12)3/h4-6H,7,13H2,1-3H3. The number of aryl methyl sites for hydroxylation is 2. The summed E-state index contributed by atoms with van der Waals surface area (Å²) in [5, 5.41) is 8.16. The molecule has 2 N–H and O–H groups in total. The minimum atomic E-state index is 0.782. The van der Waals surface area contributed by atoms with Crippen LogP contribution in [0.4, 0.5) is 5.69 Å². The van der Waals surface area contributed by atoms with Gasteiger partial charge in [-0.15, -0.1) is 22.0 Å². The highest BCUT2D eigenvalue weighted by molar-refractivity contribution is 7.98. The largest absolute Gasteiger partial charge is 0.398 e. The number of nitrogens with two attached hydrogens (primary N) is 1. The molecule has 5 heteroatoms. The van der Waals surface area contributed by atoms with Crippen LogP contribution in [-0.4, -0.2) is 14.8 Å². The van der Waals surface area contributed by atoms with Crippen molar-refractivity contribution in [3.63, 3.8) is 0 Å². The number of anilines is 1. The zero-order chi connectivity index (χ0) is 12.4. The molecule has 0 fully saturated rings. The summed E-state index contributed by atoms with van der Waals surface area (Å²) in [5.74, 6) is 2.68. The average Bonchev–Trinajstić information content (AvgIpc) is 2.59. The van der Waals surface area contributed by atoms with Crippen molar-refractivity contribution in [3.05, 3.63) is 35.4 Å². The van der Waals surface area contributed by atoms with E-state index < -0.39 is 0 Å². The Kier molecular flexibility index (Phi) is 3.38. The van der Waals surface area contributed by atoms with E-state index in [4.69, 9.17) is 5.73 Å². The smallest absolute Gasteiger partial charge is 0.143 e. The fraction of sp³-hybridized carbons (Fsp3) is 0.333. The number of aromatic nitrogens is 3. The first kappa shape index (κ1) is 12.0. The van der Waals surface area contributed by atoms with E-state index in [2.05, 4.69) is 22.3 Å². The van der Waals surface area contributed by atoms with Crippen LogP contribution in [0.25, 0.3) is 0 Å². The van der Waals surface area contributed by atoms with E-state index >= 15 is 0 Å². The van der Waals surface area contributed by atoms with Crippen molar-refractivity contribution in [2.75, 3.05) is 5.73 Å². The highest BCUT2D eigenvalue weighted by Crippen LogP contribution is 2.28. The zero-order valence-electron chi connectivity index (χ0n) is 10.3. The highest BCUT2D eigenvalue weighted by Gasteiger charge is 2.07. The van der Waals surface area contributed by atoms with Crippen LogP contribution in [0.2, 0.25) is 0 Å². The summed E-state index contributed by atoms with van der Waals surface area (Å²) in [6, 6.07) is 6.11. The fourth-order valence-corrected chi connectivity index (χ4v) is 2.44. The van der Waals surface area contributed by atoms with Crippen molar-refractivity contribution in [2.45, 2.75) is 24.5 Å². The highest BCUT2D eigenvalue weighted by atomic mass is 32.2.